The molecule has 0 saturated carbocycles. The summed E-state index contributed by atoms with van der Waals surface area (Å²) in [5.74, 6) is -0.256. The molecule has 0 radical (unpaired) electrons. The second-order valence-corrected chi connectivity index (χ2v) is 4.79. The molecule has 0 fully saturated rings. The molecule has 3 rings (SSSR count). The fraction of sp³-hybridized carbons (Fsp3) is 0.118. The smallest absolute Gasteiger partial charge is 0.340 e. The molecule has 1 aromatic heterocycles. The molecule has 6 nitrogen and oxygen atoms in total. The van der Waals surface area contributed by atoms with E-state index in [-0.39, 0.29) is 12.5 Å². The average molecular weight is 310 g/mol. The van der Waals surface area contributed by atoms with Crippen LogP contribution in [0.1, 0.15) is 17.6 Å². The lowest BCUT2D eigenvalue weighted by atomic mass is 10.1. The molecule has 0 spiro atoms. The van der Waals surface area contributed by atoms with Crippen LogP contribution in [0.4, 0.5) is 0 Å². The van der Waals surface area contributed by atoms with Crippen molar-refractivity contribution in [2.24, 2.45) is 0 Å². The van der Waals surface area contributed by atoms with Crippen LogP contribution in [0, 0.1) is 0 Å². The van der Waals surface area contributed by atoms with Gasteiger partial charge in [0.15, 0.2) is 12.7 Å². The van der Waals surface area contributed by atoms with E-state index in [9.17, 15) is 9.90 Å². The van der Waals surface area contributed by atoms with Gasteiger partial charge >= 0.3 is 5.97 Å². The Balaban J connectivity index is 1.61. The first-order chi connectivity index (χ1) is 11.2. The summed E-state index contributed by atoms with van der Waals surface area (Å²) in [6.07, 6.45) is -1.34. The largest absolute Gasteiger partial charge is 0.453 e. The van der Waals surface area contributed by atoms with Crippen LogP contribution in [0.5, 0.6) is 0 Å². The summed E-state index contributed by atoms with van der Waals surface area (Å²) in [6.45, 7) is -0.192. The number of aliphatic hydroxyl groups is 1. The van der Waals surface area contributed by atoms with E-state index in [2.05, 4.69) is 10.2 Å². The number of aromatic nitrogens is 2. The number of esters is 1. The molecule has 1 N–H and O–H groups in total. The predicted molar refractivity (Wildman–Crippen MR) is 80.9 cm³/mol. The quantitative estimate of drug-likeness (QED) is 0.729. The van der Waals surface area contributed by atoms with Crippen molar-refractivity contribution in [1.29, 1.82) is 0 Å². The first-order valence-corrected chi connectivity index (χ1v) is 7.01. The van der Waals surface area contributed by atoms with Crippen molar-refractivity contribution in [2.45, 2.75) is 12.7 Å². The van der Waals surface area contributed by atoms with Crippen molar-refractivity contribution in [3.63, 3.8) is 0 Å². The van der Waals surface area contributed by atoms with Crippen LogP contribution in [0.3, 0.4) is 0 Å². The van der Waals surface area contributed by atoms with Gasteiger partial charge in [0.05, 0.1) is 0 Å². The fourth-order valence-corrected chi connectivity index (χ4v) is 1.99. The minimum atomic E-state index is -1.34. The minimum absolute atomic E-state index is 0.164. The van der Waals surface area contributed by atoms with Gasteiger partial charge in [0, 0.05) is 5.56 Å². The second kappa shape index (κ2) is 6.85. The number of ether oxygens (including phenoxy) is 1. The molecule has 0 aliphatic heterocycles. The van der Waals surface area contributed by atoms with Gasteiger partial charge in [0.1, 0.15) is 0 Å². The molecule has 2 aromatic carbocycles. The van der Waals surface area contributed by atoms with Gasteiger partial charge in [0.2, 0.25) is 5.89 Å². The monoisotopic (exact) mass is 310 g/mol. The third-order valence-electron chi connectivity index (χ3n) is 3.16. The van der Waals surface area contributed by atoms with Crippen molar-refractivity contribution in [2.75, 3.05) is 0 Å². The van der Waals surface area contributed by atoms with Gasteiger partial charge in [-0.2, -0.15) is 0 Å². The van der Waals surface area contributed by atoms with Crippen LogP contribution in [0.2, 0.25) is 0 Å². The Morgan fingerprint density at radius 1 is 1.04 bits per heavy atom. The second-order valence-electron chi connectivity index (χ2n) is 4.79. The van der Waals surface area contributed by atoms with Gasteiger partial charge in [-0.1, -0.05) is 48.5 Å². The Hall–Kier alpha value is -2.99. The maximum atomic E-state index is 11.8. The lowest BCUT2D eigenvalue weighted by molar-refractivity contribution is -0.156. The molecule has 0 aliphatic carbocycles. The zero-order chi connectivity index (χ0) is 16.1. The maximum Gasteiger partial charge on any atom is 0.340 e. The highest BCUT2D eigenvalue weighted by atomic mass is 16.6. The molecule has 23 heavy (non-hydrogen) atoms. The molecular weight excluding hydrogens is 296 g/mol. The van der Waals surface area contributed by atoms with Gasteiger partial charge in [-0.05, 0) is 17.7 Å². The van der Waals surface area contributed by atoms with Gasteiger partial charge in [-0.15, -0.1) is 10.2 Å². The highest BCUT2D eigenvalue weighted by Crippen LogP contribution is 2.18. The number of rotatable bonds is 5. The minimum Gasteiger partial charge on any atom is -0.453 e. The van der Waals surface area contributed by atoms with E-state index >= 15 is 0 Å². The van der Waals surface area contributed by atoms with Crippen LogP contribution in [-0.2, 0) is 16.1 Å². The van der Waals surface area contributed by atoms with Crippen LogP contribution < -0.4 is 0 Å². The lowest BCUT2D eigenvalue weighted by Crippen LogP contribution is -2.15. The van der Waals surface area contributed by atoms with E-state index in [0.717, 1.165) is 5.56 Å². The van der Waals surface area contributed by atoms with E-state index in [4.69, 9.17) is 9.15 Å². The molecule has 3 aromatic rings. The van der Waals surface area contributed by atoms with E-state index in [1.54, 1.807) is 30.3 Å². The molecular formula is C17H14N2O4. The van der Waals surface area contributed by atoms with E-state index < -0.39 is 12.1 Å². The number of benzene rings is 2. The van der Waals surface area contributed by atoms with Crippen LogP contribution >= 0.6 is 0 Å². The van der Waals surface area contributed by atoms with Crippen molar-refractivity contribution < 1.29 is 19.1 Å². The third-order valence-corrected chi connectivity index (χ3v) is 3.16. The van der Waals surface area contributed by atoms with Crippen molar-refractivity contribution in [3.05, 3.63) is 72.1 Å². The number of aliphatic hydroxyl groups excluding tert-OH is 1. The molecule has 116 valence electrons. The normalized spacial score (nSPS) is 11.9. The van der Waals surface area contributed by atoms with Gasteiger partial charge in [-0.25, -0.2) is 4.79 Å². The van der Waals surface area contributed by atoms with E-state index in [0.29, 0.717) is 11.5 Å². The van der Waals surface area contributed by atoms with E-state index in [1.165, 1.54) is 0 Å². The van der Waals surface area contributed by atoms with Gasteiger partial charge < -0.3 is 14.3 Å². The number of nitrogens with zero attached hydrogens (tertiary/aromatic N) is 2. The van der Waals surface area contributed by atoms with Gasteiger partial charge in [0.25, 0.3) is 5.89 Å². The summed E-state index contributed by atoms with van der Waals surface area (Å²) in [4.78, 5) is 11.8. The Labute approximate surface area is 132 Å². The molecule has 0 saturated heterocycles. The maximum absolute atomic E-state index is 11.8. The van der Waals surface area contributed by atoms with Crippen LogP contribution in [0.15, 0.2) is 65.1 Å². The Kier molecular flexibility index (Phi) is 4.44. The summed E-state index contributed by atoms with van der Waals surface area (Å²) in [6, 6.07) is 17.8. The highest BCUT2D eigenvalue weighted by Gasteiger charge is 2.19. The molecule has 0 aliphatic rings. The number of hydrogen-bond donors (Lipinski definition) is 1. The standard InChI is InChI=1S/C17H14N2O4/c20-15(12-7-3-1-4-8-12)17(21)22-11-14-18-19-16(23-14)13-9-5-2-6-10-13/h1-10,15,20H,11H2/t15-/m1/s1. The summed E-state index contributed by atoms with van der Waals surface area (Å²) < 4.78 is 10.4. The van der Waals surface area contributed by atoms with Crippen molar-refractivity contribution in [3.8, 4) is 11.5 Å². The summed E-state index contributed by atoms with van der Waals surface area (Å²) >= 11 is 0. The number of hydrogen-bond acceptors (Lipinski definition) is 6. The highest BCUT2D eigenvalue weighted by molar-refractivity contribution is 5.76. The van der Waals surface area contributed by atoms with Crippen molar-refractivity contribution in [1.82, 2.24) is 10.2 Å². The molecule has 6 heteroatoms. The molecule has 1 heterocycles. The van der Waals surface area contributed by atoms with Crippen molar-refractivity contribution >= 4 is 5.97 Å². The zero-order valence-corrected chi connectivity index (χ0v) is 12.1. The molecule has 0 unspecified atom stereocenters. The van der Waals surface area contributed by atoms with Crippen LogP contribution in [-0.4, -0.2) is 21.3 Å². The molecule has 0 amide bonds. The summed E-state index contributed by atoms with van der Waals surface area (Å²) in [7, 11) is 0. The average Bonchev–Trinajstić information content (AvgIpc) is 3.09. The summed E-state index contributed by atoms with van der Waals surface area (Å²) in [5, 5.41) is 17.6. The first-order valence-electron chi connectivity index (χ1n) is 7.01. The van der Waals surface area contributed by atoms with Gasteiger partial charge in [-0.3, -0.25) is 0 Å². The Bertz CT molecular complexity index is 772. The fourth-order valence-electron chi connectivity index (χ4n) is 1.99. The topological polar surface area (TPSA) is 85.5 Å². The zero-order valence-electron chi connectivity index (χ0n) is 12.1. The third kappa shape index (κ3) is 3.61. The Morgan fingerprint density at radius 2 is 1.70 bits per heavy atom. The number of carbonyl (C=O) groups is 1. The number of carbonyl (C=O) groups excluding carboxylic acids is 1. The lowest BCUT2D eigenvalue weighted by Gasteiger charge is -2.09. The predicted octanol–water partition coefficient (Wildman–Crippen LogP) is 2.51. The first kappa shape index (κ1) is 14.9. The van der Waals surface area contributed by atoms with Crippen LogP contribution in [0.25, 0.3) is 11.5 Å². The molecule has 0 bridgehead atoms. The van der Waals surface area contributed by atoms with E-state index in [1.807, 2.05) is 30.3 Å². The SMILES string of the molecule is O=C(OCc1nnc(-c2ccccc2)o1)[C@H](O)c1ccccc1. The Morgan fingerprint density at radius 3 is 2.39 bits per heavy atom. The summed E-state index contributed by atoms with van der Waals surface area (Å²) in [5.41, 5.74) is 1.25. The molecule has 1 atom stereocenters.